The van der Waals surface area contributed by atoms with E-state index in [1.165, 1.54) is 19.5 Å². The van der Waals surface area contributed by atoms with Crippen molar-refractivity contribution in [2.75, 3.05) is 44.3 Å². The van der Waals surface area contributed by atoms with Crippen LogP contribution in [0, 0.1) is 11.8 Å². The molecule has 116 valence electrons. The molecule has 2 fully saturated rings. The monoisotopic (exact) mass is 290 g/mol. The third-order valence-electron chi connectivity index (χ3n) is 4.32. The predicted octanol–water partition coefficient (Wildman–Crippen LogP) is 1.79. The molecule has 5 heteroatoms. The van der Waals surface area contributed by atoms with E-state index in [9.17, 15) is 0 Å². The summed E-state index contributed by atoms with van der Waals surface area (Å²) < 4.78 is 5.39. The van der Waals surface area contributed by atoms with Gasteiger partial charge in [-0.2, -0.15) is 0 Å². The molecule has 0 amide bonds. The summed E-state index contributed by atoms with van der Waals surface area (Å²) in [5.41, 5.74) is 1.13. The van der Waals surface area contributed by atoms with Crippen molar-refractivity contribution >= 4 is 5.95 Å². The topological polar surface area (TPSA) is 41.5 Å². The molecule has 5 nitrogen and oxygen atoms in total. The van der Waals surface area contributed by atoms with Crippen molar-refractivity contribution in [1.29, 1.82) is 0 Å². The maximum Gasteiger partial charge on any atom is 0.225 e. The largest absolute Gasteiger partial charge is 0.378 e. The summed E-state index contributed by atoms with van der Waals surface area (Å²) in [7, 11) is 0. The van der Waals surface area contributed by atoms with Gasteiger partial charge < -0.3 is 9.64 Å². The predicted molar refractivity (Wildman–Crippen MR) is 83.3 cm³/mol. The minimum atomic E-state index is 0.773. The Kier molecular flexibility index (Phi) is 4.70. The maximum atomic E-state index is 5.39. The van der Waals surface area contributed by atoms with Gasteiger partial charge in [-0.05, 0) is 24.3 Å². The van der Waals surface area contributed by atoms with Crippen LogP contribution in [-0.2, 0) is 11.3 Å². The highest BCUT2D eigenvalue weighted by Gasteiger charge is 2.22. The Hall–Kier alpha value is -1.20. The number of hydrogen-bond acceptors (Lipinski definition) is 5. The summed E-state index contributed by atoms with van der Waals surface area (Å²) in [6.07, 6.45) is 3.24. The average molecular weight is 290 g/mol. The van der Waals surface area contributed by atoms with Crippen molar-refractivity contribution in [3.63, 3.8) is 0 Å². The Balaban J connectivity index is 1.65. The van der Waals surface area contributed by atoms with Gasteiger partial charge in [0, 0.05) is 38.9 Å². The second-order valence-corrected chi connectivity index (χ2v) is 6.59. The number of anilines is 1. The van der Waals surface area contributed by atoms with Crippen LogP contribution < -0.4 is 4.90 Å². The molecule has 2 saturated heterocycles. The molecule has 1 aromatic heterocycles. The van der Waals surface area contributed by atoms with Crippen molar-refractivity contribution in [2.45, 2.75) is 26.8 Å². The third-order valence-corrected chi connectivity index (χ3v) is 4.32. The molecule has 0 N–H and O–H groups in total. The van der Waals surface area contributed by atoms with Gasteiger partial charge in [-0.15, -0.1) is 0 Å². The van der Waals surface area contributed by atoms with E-state index in [0.29, 0.717) is 0 Å². The summed E-state index contributed by atoms with van der Waals surface area (Å²) in [5.74, 6) is 2.43. The van der Waals surface area contributed by atoms with Gasteiger partial charge in [-0.3, -0.25) is 4.90 Å². The Morgan fingerprint density at radius 1 is 1.19 bits per heavy atom. The Bertz CT molecular complexity index is 451. The van der Waals surface area contributed by atoms with E-state index >= 15 is 0 Å². The zero-order valence-electron chi connectivity index (χ0n) is 13.2. The molecule has 0 unspecified atom stereocenters. The summed E-state index contributed by atoms with van der Waals surface area (Å²) in [6, 6.07) is 2.05. The summed E-state index contributed by atoms with van der Waals surface area (Å²) in [4.78, 5) is 13.9. The van der Waals surface area contributed by atoms with Gasteiger partial charge in [-0.1, -0.05) is 13.8 Å². The molecule has 0 radical (unpaired) electrons. The number of morpholine rings is 1. The second kappa shape index (κ2) is 6.71. The van der Waals surface area contributed by atoms with Crippen LogP contribution >= 0.6 is 0 Å². The van der Waals surface area contributed by atoms with Crippen LogP contribution in [0.3, 0.4) is 0 Å². The van der Waals surface area contributed by atoms with Crippen LogP contribution in [0.15, 0.2) is 12.3 Å². The normalized spacial score (nSPS) is 27.8. The molecule has 0 bridgehead atoms. The van der Waals surface area contributed by atoms with Crippen molar-refractivity contribution in [2.24, 2.45) is 11.8 Å². The molecule has 3 heterocycles. The molecule has 2 aliphatic rings. The van der Waals surface area contributed by atoms with Gasteiger partial charge in [0.05, 0.1) is 18.9 Å². The summed E-state index contributed by atoms with van der Waals surface area (Å²) >= 11 is 0. The smallest absolute Gasteiger partial charge is 0.225 e. The van der Waals surface area contributed by atoms with E-state index < -0.39 is 0 Å². The van der Waals surface area contributed by atoms with Gasteiger partial charge in [0.15, 0.2) is 0 Å². The molecule has 1 aromatic rings. The Morgan fingerprint density at radius 2 is 1.90 bits per heavy atom. The van der Waals surface area contributed by atoms with E-state index in [0.717, 1.165) is 56.3 Å². The highest BCUT2D eigenvalue weighted by molar-refractivity contribution is 5.30. The minimum Gasteiger partial charge on any atom is -0.378 e. The minimum absolute atomic E-state index is 0.773. The van der Waals surface area contributed by atoms with Gasteiger partial charge in [0.2, 0.25) is 5.95 Å². The van der Waals surface area contributed by atoms with Crippen LogP contribution in [0.1, 0.15) is 26.0 Å². The van der Waals surface area contributed by atoms with Gasteiger partial charge in [0.1, 0.15) is 0 Å². The van der Waals surface area contributed by atoms with Crippen LogP contribution in [0.5, 0.6) is 0 Å². The first-order valence-electron chi connectivity index (χ1n) is 8.07. The molecular weight excluding hydrogens is 264 g/mol. The molecule has 0 spiro atoms. The molecule has 0 saturated carbocycles. The number of hydrogen-bond donors (Lipinski definition) is 0. The van der Waals surface area contributed by atoms with Crippen molar-refractivity contribution in [3.05, 3.63) is 18.0 Å². The first-order valence-corrected chi connectivity index (χ1v) is 8.07. The fraction of sp³-hybridized carbons (Fsp3) is 0.750. The Labute approximate surface area is 127 Å². The van der Waals surface area contributed by atoms with E-state index in [1.807, 2.05) is 12.3 Å². The number of ether oxygens (including phenoxy) is 1. The fourth-order valence-corrected chi connectivity index (χ4v) is 3.54. The first-order chi connectivity index (χ1) is 10.2. The Morgan fingerprint density at radius 3 is 2.62 bits per heavy atom. The summed E-state index contributed by atoms with van der Waals surface area (Å²) in [5, 5.41) is 0. The van der Waals surface area contributed by atoms with Gasteiger partial charge >= 0.3 is 0 Å². The lowest BCUT2D eigenvalue weighted by Crippen LogP contribution is -2.39. The molecule has 21 heavy (non-hydrogen) atoms. The zero-order valence-corrected chi connectivity index (χ0v) is 13.2. The number of rotatable bonds is 3. The van der Waals surface area contributed by atoms with Crippen LogP contribution in [0.25, 0.3) is 0 Å². The van der Waals surface area contributed by atoms with Gasteiger partial charge in [-0.25, -0.2) is 9.97 Å². The zero-order chi connectivity index (χ0) is 14.7. The van der Waals surface area contributed by atoms with E-state index in [4.69, 9.17) is 9.72 Å². The third kappa shape index (κ3) is 3.92. The molecular formula is C16H26N4O. The average Bonchev–Trinajstić information content (AvgIpc) is 2.47. The number of likely N-dealkylation sites (tertiary alicyclic amines) is 1. The lowest BCUT2D eigenvalue weighted by Gasteiger charge is -2.34. The van der Waals surface area contributed by atoms with Crippen LogP contribution in [0.2, 0.25) is 0 Å². The molecule has 3 rings (SSSR count). The molecule has 0 aromatic carbocycles. The summed E-state index contributed by atoms with van der Waals surface area (Å²) in [6.45, 7) is 11.3. The van der Waals surface area contributed by atoms with E-state index in [-0.39, 0.29) is 0 Å². The number of nitrogens with zero attached hydrogens (tertiary/aromatic N) is 4. The highest BCUT2D eigenvalue weighted by Crippen LogP contribution is 2.22. The SMILES string of the molecule is C[C@H]1C[C@H](C)CN(Cc2ccnc(N3CCOCC3)n2)C1. The first kappa shape index (κ1) is 14.7. The van der Waals surface area contributed by atoms with Crippen molar-refractivity contribution in [3.8, 4) is 0 Å². The van der Waals surface area contributed by atoms with Gasteiger partial charge in [0.25, 0.3) is 0 Å². The van der Waals surface area contributed by atoms with Crippen molar-refractivity contribution in [1.82, 2.24) is 14.9 Å². The number of piperidine rings is 1. The maximum absolute atomic E-state index is 5.39. The molecule has 0 aliphatic carbocycles. The van der Waals surface area contributed by atoms with Crippen molar-refractivity contribution < 1.29 is 4.74 Å². The second-order valence-electron chi connectivity index (χ2n) is 6.59. The highest BCUT2D eigenvalue weighted by atomic mass is 16.5. The van der Waals surface area contributed by atoms with Crippen LogP contribution in [0.4, 0.5) is 5.95 Å². The lowest BCUT2D eigenvalue weighted by atomic mass is 9.92. The van der Waals surface area contributed by atoms with Crippen LogP contribution in [-0.4, -0.2) is 54.3 Å². The fourth-order valence-electron chi connectivity index (χ4n) is 3.54. The van der Waals surface area contributed by atoms with E-state index in [2.05, 4.69) is 28.6 Å². The molecule has 2 aliphatic heterocycles. The van der Waals surface area contributed by atoms with E-state index in [1.54, 1.807) is 0 Å². The standard InChI is InChI=1S/C16H26N4O/c1-13-9-14(2)11-19(10-13)12-15-3-4-17-16(18-15)20-5-7-21-8-6-20/h3-4,13-14H,5-12H2,1-2H3/t13-,14-/m0/s1. The number of aromatic nitrogens is 2. The lowest BCUT2D eigenvalue weighted by molar-refractivity contribution is 0.121. The molecule has 2 atom stereocenters. The quantitative estimate of drug-likeness (QED) is 0.849.